The molecule has 2 aromatic heterocycles. The lowest BCUT2D eigenvalue weighted by atomic mass is 9.99. The quantitative estimate of drug-likeness (QED) is 0.714. The van der Waals surface area contributed by atoms with Crippen LogP contribution in [0.15, 0.2) is 36.7 Å². The van der Waals surface area contributed by atoms with Gasteiger partial charge in [0.05, 0.1) is 11.6 Å². The van der Waals surface area contributed by atoms with Gasteiger partial charge in [0, 0.05) is 37.0 Å². The lowest BCUT2D eigenvalue weighted by Gasteiger charge is -2.39. The molecule has 3 aromatic rings. The highest BCUT2D eigenvalue weighted by Gasteiger charge is 2.33. The summed E-state index contributed by atoms with van der Waals surface area (Å²) in [5.41, 5.74) is 1.73. The largest absolute Gasteiger partial charge is 0.355 e. The smallest absolute Gasteiger partial charge is 0.226 e. The predicted octanol–water partition coefficient (Wildman–Crippen LogP) is 2.31. The molecule has 3 heterocycles. The van der Waals surface area contributed by atoms with Crippen LogP contribution in [0, 0.1) is 31.4 Å². The minimum absolute atomic E-state index is 0.137. The molecule has 9 heteroatoms. The van der Waals surface area contributed by atoms with Crippen LogP contribution in [0.4, 0.5) is 14.6 Å². The van der Waals surface area contributed by atoms with Crippen LogP contribution < -0.4 is 10.2 Å². The third-order valence-electron chi connectivity index (χ3n) is 4.94. The molecule has 1 amide bonds. The number of amides is 1. The minimum Gasteiger partial charge on any atom is -0.355 e. The second kappa shape index (κ2) is 7.57. The number of benzene rings is 1. The average Bonchev–Trinajstić information content (AvgIpc) is 2.98. The van der Waals surface area contributed by atoms with Gasteiger partial charge in [-0.25, -0.2) is 23.4 Å². The van der Waals surface area contributed by atoms with Crippen LogP contribution in [0.1, 0.15) is 17.0 Å². The van der Waals surface area contributed by atoms with Crippen molar-refractivity contribution >= 4 is 11.7 Å². The van der Waals surface area contributed by atoms with Crippen molar-refractivity contribution in [2.45, 2.75) is 20.4 Å². The molecule has 1 aromatic carbocycles. The molecule has 0 saturated carbocycles. The van der Waals surface area contributed by atoms with E-state index in [1.54, 1.807) is 4.68 Å². The zero-order valence-electron chi connectivity index (χ0n) is 16.1. The number of carbonyl (C=O) groups excluding carboxylic acids is 1. The lowest BCUT2D eigenvalue weighted by Crippen LogP contribution is -2.54. The SMILES string of the molecule is Cc1cc(C)n(-c2cc(N3CC(C(=O)NCc4c(F)cccc4F)C3)ncn2)n1. The maximum Gasteiger partial charge on any atom is 0.226 e. The Bertz CT molecular complexity index is 1040. The topological polar surface area (TPSA) is 75.9 Å². The molecule has 150 valence electrons. The van der Waals surface area contributed by atoms with Crippen molar-refractivity contribution in [1.82, 2.24) is 25.1 Å². The van der Waals surface area contributed by atoms with Crippen LogP contribution in [0.5, 0.6) is 0 Å². The summed E-state index contributed by atoms with van der Waals surface area (Å²) >= 11 is 0. The van der Waals surface area contributed by atoms with Gasteiger partial charge in [-0.2, -0.15) is 5.10 Å². The van der Waals surface area contributed by atoms with E-state index < -0.39 is 11.6 Å². The summed E-state index contributed by atoms with van der Waals surface area (Å²) in [5.74, 6) is -0.486. The van der Waals surface area contributed by atoms with Gasteiger partial charge in [0.2, 0.25) is 5.91 Å². The number of nitrogens with zero attached hydrogens (tertiary/aromatic N) is 5. The van der Waals surface area contributed by atoms with E-state index in [0.29, 0.717) is 24.7 Å². The van der Waals surface area contributed by atoms with Crippen LogP contribution in [0.25, 0.3) is 5.82 Å². The van der Waals surface area contributed by atoms with Gasteiger partial charge in [0.1, 0.15) is 23.8 Å². The molecule has 0 spiro atoms. The Labute approximate surface area is 166 Å². The van der Waals surface area contributed by atoms with Gasteiger partial charge in [0.15, 0.2) is 5.82 Å². The average molecular weight is 398 g/mol. The fourth-order valence-corrected chi connectivity index (χ4v) is 3.34. The Kier molecular flexibility index (Phi) is 4.96. The van der Waals surface area contributed by atoms with Crippen LogP contribution in [0.2, 0.25) is 0 Å². The van der Waals surface area contributed by atoms with Crippen molar-refractivity contribution < 1.29 is 13.6 Å². The number of nitrogens with one attached hydrogen (secondary N) is 1. The molecule has 4 rings (SSSR count). The van der Waals surface area contributed by atoms with Crippen molar-refractivity contribution in [2.75, 3.05) is 18.0 Å². The van der Waals surface area contributed by atoms with E-state index in [2.05, 4.69) is 20.4 Å². The fraction of sp³-hybridized carbons (Fsp3) is 0.300. The molecule has 1 aliphatic heterocycles. The van der Waals surface area contributed by atoms with Crippen LogP contribution in [-0.2, 0) is 11.3 Å². The van der Waals surface area contributed by atoms with Gasteiger partial charge < -0.3 is 10.2 Å². The second-order valence-corrected chi connectivity index (χ2v) is 7.09. The van der Waals surface area contributed by atoms with Gasteiger partial charge in [-0.3, -0.25) is 4.79 Å². The van der Waals surface area contributed by atoms with E-state index in [1.165, 1.54) is 24.5 Å². The second-order valence-electron chi connectivity index (χ2n) is 7.09. The molecule has 0 bridgehead atoms. The molecular weight excluding hydrogens is 378 g/mol. The molecule has 0 atom stereocenters. The summed E-state index contributed by atoms with van der Waals surface area (Å²) in [7, 11) is 0. The number of carbonyl (C=O) groups is 1. The molecule has 29 heavy (non-hydrogen) atoms. The normalized spacial score (nSPS) is 14.0. The van der Waals surface area contributed by atoms with Crippen molar-refractivity contribution in [1.29, 1.82) is 0 Å². The highest BCUT2D eigenvalue weighted by Crippen LogP contribution is 2.24. The number of hydrogen-bond donors (Lipinski definition) is 1. The van der Waals surface area contributed by atoms with Gasteiger partial charge in [-0.05, 0) is 32.0 Å². The van der Waals surface area contributed by atoms with Crippen molar-refractivity contribution in [2.24, 2.45) is 5.92 Å². The molecular formula is C20H20F2N6O. The lowest BCUT2D eigenvalue weighted by molar-refractivity contribution is -0.125. The minimum atomic E-state index is -0.668. The maximum atomic E-state index is 13.7. The summed E-state index contributed by atoms with van der Waals surface area (Å²) in [5, 5.41) is 7.03. The summed E-state index contributed by atoms with van der Waals surface area (Å²) in [6.07, 6.45) is 1.47. The Balaban J connectivity index is 1.37. The number of hydrogen-bond acceptors (Lipinski definition) is 5. The monoisotopic (exact) mass is 398 g/mol. The van der Waals surface area contributed by atoms with Gasteiger partial charge in [-0.1, -0.05) is 6.07 Å². The van der Waals surface area contributed by atoms with E-state index in [4.69, 9.17) is 0 Å². The summed E-state index contributed by atoms with van der Waals surface area (Å²) in [6.45, 7) is 4.63. The third kappa shape index (κ3) is 3.80. The molecule has 1 fully saturated rings. The summed E-state index contributed by atoms with van der Waals surface area (Å²) < 4.78 is 29.1. The van der Waals surface area contributed by atoms with Crippen LogP contribution >= 0.6 is 0 Å². The predicted molar refractivity (Wildman–Crippen MR) is 103 cm³/mol. The number of aryl methyl sites for hydroxylation is 2. The third-order valence-corrected chi connectivity index (χ3v) is 4.94. The Hall–Kier alpha value is -3.36. The van der Waals surface area contributed by atoms with E-state index in [-0.39, 0.29) is 23.9 Å². The number of anilines is 1. The van der Waals surface area contributed by atoms with Gasteiger partial charge >= 0.3 is 0 Å². The van der Waals surface area contributed by atoms with E-state index >= 15 is 0 Å². The highest BCUT2D eigenvalue weighted by molar-refractivity contribution is 5.81. The first-order valence-electron chi connectivity index (χ1n) is 9.23. The van der Waals surface area contributed by atoms with Gasteiger partial charge in [0.25, 0.3) is 0 Å². The molecule has 7 nitrogen and oxygen atoms in total. The molecule has 1 N–H and O–H groups in total. The number of aromatic nitrogens is 4. The Morgan fingerprint density at radius 1 is 1.14 bits per heavy atom. The van der Waals surface area contributed by atoms with Crippen molar-refractivity contribution in [3.8, 4) is 5.82 Å². The standard InChI is InChI=1S/C20H20F2N6O/c1-12-6-13(2)28(26-12)19-7-18(24-11-25-19)27-9-14(10-27)20(29)23-8-15-16(21)4-3-5-17(15)22/h3-7,11,14H,8-10H2,1-2H3,(H,23,29). The summed E-state index contributed by atoms with van der Waals surface area (Å²) in [4.78, 5) is 22.8. The first-order chi connectivity index (χ1) is 13.9. The van der Waals surface area contributed by atoms with Gasteiger partial charge in [-0.15, -0.1) is 0 Å². The molecule has 0 radical (unpaired) electrons. The Morgan fingerprint density at radius 2 is 1.83 bits per heavy atom. The molecule has 0 unspecified atom stereocenters. The molecule has 1 saturated heterocycles. The fourth-order valence-electron chi connectivity index (χ4n) is 3.34. The summed E-state index contributed by atoms with van der Waals surface area (Å²) in [6, 6.07) is 7.42. The highest BCUT2D eigenvalue weighted by atomic mass is 19.1. The first-order valence-corrected chi connectivity index (χ1v) is 9.23. The maximum absolute atomic E-state index is 13.7. The zero-order valence-corrected chi connectivity index (χ0v) is 16.1. The first kappa shape index (κ1) is 19.0. The van der Waals surface area contributed by atoms with E-state index in [9.17, 15) is 13.6 Å². The number of rotatable bonds is 5. The number of halogens is 2. The van der Waals surface area contributed by atoms with E-state index in [0.717, 1.165) is 11.4 Å². The molecule has 1 aliphatic rings. The van der Waals surface area contributed by atoms with Crippen LogP contribution in [-0.4, -0.2) is 38.7 Å². The van der Waals surface area contributed by atoms with E-state index in [1.807, 2.05) is 30.9 Å². The van der Waals surface area contributed by atoms with Crippen LogP contribution in [0.3, 0.4) is 0 Å². The zero-order chi connectivity index (χ0) is 20.5. The van der Waals surface area contributed by atoms with Crippen molar-refractivity contribution in [3.63, 3.8) is 0 Å². The molecule has 0 aliphatic carbocycles. The Morgan fingerprint density at radius 3 is 2.48 bits per heavy atom. The van der Waals surface area contributed by atoms with Crippen molar-refractivity contribution in [3.05, 3.63) is 65.2 Å².